The van der Waals surface area contributed by atoms with Crippen LogP contribution in [0.4, 0.5) is 4.79 Å². The highest BCUT2D eigenvalue weighted by molar-refractivity contribution is 5.67. The fourth-order valence-corrected chi connectivity index (χ4v) is 3.21. The maximum Gasteiger partial charge on any atom is 0.407 e. The first-order valence-electron chi connectivity index (χ1n) is 11.9. The first-order valence-corrected chi connectivity index (χ1v) is 11.9. The van der Waals surface area contributed by atoms with Crippen LogP contribution in [0.2, 0.25) is 0 Å². The number of nitrogens with two attached hydrogens (primary N) is 1. The van der Waals surface area contributed by atoms with Crippen LogP contribution in [-0.4, -0.2) is 25.3 Å². The van der Waals surface area contributed by atoms with Gasteiger partial charge in [0.1, 0.15) is 0 Å². The summed E-state index contributed by atoms with van der Waals surface area (Å²) < 4.78 is 5.23. The smallest absolute Gasteiger partial charge is 0.407 e. The second kappa shape index (κ2) is 20.7. The molecule has 3 N–H and O–H groups in total. The summed E-state index contributed by atoms with van der Waals surface area (Å²) in [5, 5.41) is 2.83. The molecule has 28 heavy (non-hydrogen) atoms. The number of carbonyl (C=O) groups is 1. The van der Waals surface area contributed by atoms with Crippen LogP contribution in [0.3, 0.4) is 0 Å². The Labute approximate surface area is 175 Å². The zero-order valence-electron chi connectivity index (χ0n) is 19.0. The second-order valence-electron chi connectivity index (χ2n) is 8.30. The third-order valence-corrected chi connectivity index (χ3v) is 5.25. The molecule has 0 fully saturated rings. The summed E-state index contributed by atoms with van der Waals surface area (Å²) in [5.41, 5.74) is 5.64. The van der Waals surface area contributed by atoms with Gasteiger partial charge in [0.05, 0.1) is 6.61 Å². The molecule has 1 atom stereocenters. The van der Waals surface area contributed by atoms with Crippen molar-refractivity contribution in [3.63, 3.8) is 0 Å². The Morgan fingerprint density at radius 3 is 1.86 bits per heavy atom. The molecule has 0 spiro atoms. The normalized spacial score (nSPS) is 12.6. The summed E-state index contributed by atoms with van der Waals surface area (Å²) >= 11 is 0. The zero-order chi connectivity index (χ0) is 20.9. The number of unbranched alkanes of at least 4 members (excludes halogenated alkanes) is 12. The maximum atomic E-state index is 11.7. The topological polar surface area (TPSA) is 64.3 Å². The van der Waals surface area contributed by atoms with Crippen molar-refractivity contribution in [1.29, 1.82) is 0 Å². The van der Waals surface area contributed by atoms with Crippen molar-refractivity contribution in [3.05, 3.63) is 12.2 Å². The van der Waals surface area contributed by atoms with Crippen LogP contribution in [0.5, 0.6) is 0 Å². The SMILES string of the molecule is CCCCCCCC/C=C\CCCCCCCCOC(=O)N[C@H](CN)C(C)C. The number of rotatable bonds is 19. The van der Waals surface area contributed by atoms with Gasteiger partial charge in [-0.25, -0.2) is 4.79 Å². The Balaban J connectivity index is 3.31. The number of hydrogen-bond donors (Lipinski definition) is 2. The quantitative estimate of drug-likeness (QED) is 0.188. The molecule has 0 saturated heterocycles. The third-order valence-electron chi connectivity index (χ3n) is 5.25. The van der Waals surface area contributed by atoms with E-state index < -0.39 is 0 Å². The number of allylic oxidation sites excluding steroid dienone is 2. The summed E-state index contributed by atoms with van der Waals surface area (Å²) in [6.45, 7) is 7.31. The molecule has 4 heteroatoms. The predicted octanol–water partition coefficient (Wildman–Crippen LogP) is 6.73. The molecule has 0 aliphatic heterocycles. The Bertz CT molecular complexity index is 370. The molecule has 166 valence electrons. The van der Waals surface area contributed by atoms with Crippen molar-refractivity contribution < 1.29 is 9.53 Å². The van der Waals surface area contributed by atoms with E-state index in [9.17, 15) is 4.79 Å². The standard InChI is InChI=1S/C24H48N2O2/c1-4-5-6-7-8-9-10-11-12-13-14-15-16-17-18-19-20-28-24(27)26-23(21-25)22(2)3/h11-12,22-23H,4-10,13-21,25H2,1-3H3,(H,26,27)/b12-11-/t23-/m1/s1. The molecule has 1 amide bonds. The van der Waals surface area contributed by atoms with Crippen molar-refractivity contribution in [2.45, 2.75) is 117 Å². The highest BCUT2D eigenvalue weighted by atomic mass is 16.5. The van der Waals surface area contributed by atoms with Gasteiger partial charge in [0.25, 0.3) is 0 Å². The summed E-state index contributed by atoms with van der Waals surface area (Å²) in [4.78, 5) is 11.7. The average Bonchev–Trinajstić information content (AvgIpc) is 2.68. The first-order chi connectivity index (χ1) is 13.6. The zero-order valence-corrected chi connectivity index (χ0v) is 19.0. The molecular weight excluding hydrogens is 348 g/mol. The summed E-state index contributed by atoms with van der Waals surface area (Å²) in [5.74, 6) is 0.322. The molecule has 0 bridgehead atoms. The Kier molecular flexibility index (Phi) is 19.9. The van der Waals surface area contributed by atoms with Gasteiger partial charge in [-0.1, -0.05) is 90.7 Å². The first kappa shape index (κ1) is 27.0. The van der Waals surface area contributed by atoms with Crippen molar-refractivity contribution in [2.75, 3.05) is 13.2 Å². The molecule has 0 saturated carbocycles. The fourth-order valence-electron chi connectivity index (χ4n) is 3.21. The van der Waals surface area contributed by atoms with E-state index in [0.29, 0.717) is 19.1 Å². The lowest BCUT2D eigenvalue weighted by Gasteiger charge is -2.20. The molecular formula is C24H48N2O2. The molecule has 0 aromatic heterocycles. The minimum Gasteiger partial charge on any atom is -0.450 e. The van der Waals surface area contributed by atoms with E-state index in [2.05, 4.69) is 24.4 Å². The number of ether oxygens (including phenoxy) is 1. The molecule has 0 unspecified atom stereocenters. The van der Waals surface area contributed by atoms with Crippen LogP contribution in [0.25, 0.3) is 0 Å². The van der Waals surface area contributed by atoms with Gasteiger partial charge in [0.15, 0.2) is 0 Å². The van der Waals surface area contributed by atoms with E-state index in [-0.39, 0.29) is 12.1 Å². The van der Waals surface area contributed by atoms with E-state index in [1.54, 1.807) is 0 Å². The highest BCUT2D eigenvalue weighted by Gasteiger charge is 2.14. The molecule has 0 rings (SSSR count). The fraction of sp³-hybridized carbons (Fsp3) is 0.875. The van der Waals surface area contributed by atoms with E-state index in [1.807, 2.05) is 13.8 Å². The molecule has 0 aromatic rings. The van der Waals surface area contributed by atoms with Crippen molar-refractivity contribution in [3.8, 4) is 0 Å². The molecule has 0 heterocycles. The highest BCUT2D eigenvalue weighted by Crippen LogP contribution is 2.10. The van der Waals surface area contributed by atoms with Gasteiger partial charge in [-0.05, 0) is 38.0 Å². The predicted molar refractivity (Wildman–Crippen MR) is 122 cm³/mol. The van der Waals surface area contributed by atoms with Crippen LogP contribution in [0, 0.1) is 5.92 Å². The summed E-state index contributed by atoms with van der Waals surface area (Å²) in [6.07, 6.45) is 22.3. The van der Waals surface area contributed by atoms with Gasteiger partial charge in [-0.3, -0.25) is 0 Å². The lowest BCUT2D eigenvalue weighted by molar-refractivity contribution is 0.137. The van der Waals surface area contributed by atoms with E-state index in [1.165, 1.54) is 77.0 Å². The van der Waals surface area contributed by atoms with E-state index in [4.69, 9.17) is 10.5 Å². The van der Waals surface area contributed by atoms with Gasteiger partial charge in [0.2, 0.25) is 0 Å². The third kappa shape index (κ3) is 18.3. The minimum atomic E-state index is -0.336. The second-order valence-corrected chi connectivity index (χ2v) is 8.30. The monoisotopic (exact) mass is 396 g/mol. The van der Waals surface area contributed by atoms with Gasteiger partial charge >= 0.3 is 6.09 Å². The largest absolute Gasteiger partial charge is 0.450 e. The van der Waals surface area contributed by atoms with E-state index >= 15 is 0 Å². The van der Waals surface area contributed by atoms with Gasteiger partial charge < -0.3 is 15.8 Å². The van der Waals surface area contributed by atoms with Crippen molar-refractivity contribution in [2.24, 2.45) is 11.7 Å². The van der Waals surface area contributed by atoms with Crippen LogP contribution >= 0.6 is 0 Å². The number of alkyl carbamates (subject to hydrolysis) is 1. The molecule has 0 radical (unpaired) electrons. The summed E-state index contributed by atoms with van der Waals surface area (Å²) in [7, 11) is 0. The van der Waals surface area contributed by atoms with Gasteiger partial charge in [-0.15, -0.1) is 0 Å². The van der Waals surface area contributed by atoms with Crippen LogP contribution in [0.15, 0.2) is 12.2 Å². The lowest BCUT2D eigenvalue weighted by Crippen LogP contribution is -2.43. The van der Waals surface area contributed by atoms with Crippen molar-refractivity contribution >= 4 is 6.09 Å². The minimum absolute atomic E-state index is 0.00709. The van der Waals surface area contributed by atoms with Crippen LogP contribution in [0.1, 0.15) is 111 Å². The Hall–Kier alpha value is -1.03. The average molecular weight is 397 g/mol. The molecule has 0 aliphatic carbocycles. The number of nitrogens with one attached hydrogen (secondary N) is 1. The number of amides is 1. The molecule has 0 aromatic carbocycles. The summed E-state index contributed by atoms with van der Waals surface area (Å²) in [6, 6.07) is -0.00709. The number of hydrogen-bond acceptors (Lipinski definition) is 3. The van der Waals surface area contributed by atoms with Crippen molar-refractivity contribution in [1.82, 2.24) is 5.32 Å². The van der Waals surface area contributed by atoms with Gasteiger partial charge in [-0.2, -0.15) is 0 Å². The Morgan fingerprint density at radius 1 is 0.857 bits per heavy atom. The van der Waals surface area contributed by atoms with Gasteiger partial charge in [0, 0.05) is 12.6 Å². The number of carbonyl (C=O) groups excluding carboxylic acids is 1. The van der Waals surface area contributed by atoms with E-state index in [0.717, 1.165) is 12.8 Å². The molecule has 4 nitrogen and oxygen atoms in total. The van der Waals surface area contributed by atoms with Crippen LogP contribution < -0.4 is 11.1 Å². The Morgan fingerprint density at radius 2 is 1.36 bits per heavy atom. The lowest BCUT2D eigenvalue weighted by atomic mass is 10.1. The molecule has 0 aliphatic rings. The maximum absolute atomic E-state index is 11.7. The van der Waals surface area contributed by atoms with Crippen LogP contribution in [-0.2, 0) is 4.74 Å².